The van der Waals surface area contributed by atoms with Crippen molar-refractivity contribution in [2.24, 2.45) is 0 Å². The molecular formula is C12H7Cl3FNO2S. The second-order valence-electron chi connectivity index (χ2n) is 3.98. The lowest BCUT2D eigenvalue weighted by Gasteiger charge is -2.11. The highest BCUT2D eigenvalue weighted by Crippen LogP contribution is 2.39. The van der Waals surface area contributed by atoms with Gasteiger partial charge >= 0.3 is 0 Å². The van der Waals surface area contributed by atoms with Crippen molar-refractivity contribution in [1.29, 1.82) is 0 Å². The number of hydrogen-bond acceptors (Lipinski definition) is 3. The Morgan fingerprint density at radius 1 is 1.10 bits per heavy atom. The molecule has 106 valence electrons. The van der Waals surface area contributed by atoms with Crippen LogP contribution in [0.3, 0.4) is 0 Å². The standard InChI is InChI=1S/C12H7Cl3FNO2S/c1-20(18,19)9-5-7(14)11(12(15)17-9)10-6(13)3-2-4-8(10)16/h2-5H,1H3. The van der Waals surface area contributed by atoms with Crippen LogP contribution in [0.5, 0.6) is 0 Å². The third-order valence-electron chi connectivity index (χ3n) is 2.50. The minimum Gasteiger partial charge on any atom is -0.224 e. The summed E-state index contributed by atoms with van der Waals surface area (Å²) in [5, 5.41) is -0.464. The van der Waals surface area contributed by atoms with E-state index in [2.05, 4.69) is 4.98 Å². The summed E-state index contributed by atoms with van der Waals surface area (Å²) in [5.74, 6) is -0.629. The number of rotatable bonds is 2. The molecule has 0 aliphatic heterocycles. The van der Waals surface area contributed by atoms with Crippen LogP contribution in [0.2, 0.25) is 15.2 Å². The molecule has 20 heavy (non-hydrogen) atoms. The van der Waals surface area contributed by atoms with Crippen molar-refractivity contribution in [3.05, 3.63) is 45.3 Å². The maximum Gasteiger partial charge on any atom is 0.192 e. The minimum atomic E-state index is -3.57. The lowest BCUT2D eigenvalue weighted by Crippen LogP contribution is -2.02. The van der Waals surface area contributed by atoms with Crippen molar-refractivity contribution >= 4 is 44.6 Å². The van der Waals surface area contributed by atoms with Gasteiger partial charge in [-0.25, -0.2) is 17.8 Å². The highest BCUT2D eigenvalue weighted by molar-refractivity contribution is 7.90. The Morgan fingerprint density at radius 3 is 2.25 bits per heavy atom. The normalized spacial score (nSPS) is 11.7. The highest BCUT2D eigenvalue weighted by atomic mass is 35.5. The molecule has 2 rings (SSSR count). The molecule has 0 unspecified atom stereocenters. The first-order valence-corrected chi connectivity index (χ1v) is 8.25. The lowest BCUT2D eigenvalue weighted by molar-refractivity contribution is 0.598. The maximum atomic E-state index is 13.9. The van der Waals surface area contributed by atoms with E-state index in [1.54, 1.807) is 0 Å². The third-order valence-corrected chi connectivity index (χ3v) is 4.35. The molecule has 0 N–H and O–H groups in total. The van der Waals surface area contributed by atoms with Crippen LogP contribution >= 0.6 is 34.8 Å². The van der Waals surface area contributed by atoms with Gasteiger partial charge in [0.2, 0.25) is 0 Å². The van der Waals surface area contributed by atoms with Gasteiger partial charge in [0.05, 0.1) is 10.0 Å². The number of aromatic nitrogens is 1. The van der Waals surface area contributed by atoms with Crippen molar-refractivity contribution in [2.45, 2.75) is 5.03 Å². The fraction of sp³-hybridized carbons (Fsp3) is 0.0833. The molecule has 3 nitrogen and oxygen atoms in total. The van der Waals surface area contributed by atoms with Crippen LogP contribution in [0, 0.1) is 5.82 Å². The molecule has 8 heteroatoms. The number of halogens is 4. The van der Waals surface area contributed by atoms with Gasteiger partial charge in [0.25, 0.3) is 0 Å². The van der Waals surface area contributed by atoms with Crippen LogP contribution in [-0.4, -0.2) is 19.7 Å². The second kappa shape index (κ2) is 5.48. The van der Waals surface area contributed by atoms with Crippen LogP contribution in [0.25, 0.3) is 11.1 Å². The lowest BCUT2D eigenvalue weighted by atomic mass is 10.1. The molecule has 0 spiro atoms. The fourth-order valence-corrected chi connectivity index (χ4v) is 3.20. The quantitative estimate of drug-likeness (QED) is 0.757. The summed E-state index contributed by atoms with van der Waals surface area (Å²) >= 11 is 17.9. The molecule has 0 aliphatic carbocycles. The van der Waals surface area contributed by atoms with E-state index in [1.165, 1.54) is 18.2 Å². The SMILES string of the molecule is CS(=O)(=O)c1cc(Cl)c(-c2c(F)cccc2Cl)c(Cl)n1. The Bertz CT molecular complexity index is 750. The van der Waals surface area contributed by atoms with E-state index in [-0.39, 0.29) is 31.4 Å². The minimum absolute atomic E-state index is 0.0169. The first-order chi connectivity index (χ1) is 9.21. The zero-order chi connectivity index (χ0) is 15.1. The molecule has 0 atom stereocenters. The maximum absolute atomic E-state index is 13.9. The average molecular weight is 355 g/mol. The van der Waals surface area contributed by atoms with Gasteiger partial charge in [-0.15, -0.1) is 0 Å². The van der Waals surface area contributed by atoms with Crippen molar-refractivity contribution in [1.82, 2.24) is 4.98 Å². The third kappa shape index (κ3) is 2.91. The van der Waals surface area contributed by atoms with E-state index < -0.39 is 15.7 Å². The topological polar surface area (TPSA) is 47.0 Å². The molecular weight excluding hydrogens is 348 g/mol. The number of sulfone groups is 1. The van der Waals surface area contributed by atoms with Gasteiger partial charge in [0.1, 0.15) is 11.0 Å². The van der Waals surface area contributed by atoms with Gasteiger partial charge in [-0.3, -0.25) is 0 Å². The molecule has 1 heterocycles. The number of pyridine rings is 1. The summed E-state index contributed by atoms with van der Waals surface area (Å²) < 4.78 is 36.8. The van der Waals surface area contributed by atoms with E-state index >= 15 is 0 Å². The van der Waals surface area contributed by atoms with Crippen molar-refractivity contribution < 1.29 is 12.8 Å². The monoisotopic (exact) mass is 353 g/mol. The summed E-state index contributed by atoms with van der Waals surface area (Å²) in [6.45, 7) is 0. The van der Waals surface area contributed by atoms with Gasteiger partial charge in [-0.2, -0.15) is 0 Å². The number of benzene rings is 1. The van der Waals surface area contributed by atoms with Crippen molar-refractivity contribution in [3.8, 4) is 11.1 Å². The first-order valence-electron chi connectivity index (χ1n) is 5.22. The van der Waals surface area contributed by atoms with Gasteiger partial charge in [-0.05, 0) is 18.2 Å². The zero-order valence-corrected chi connectivity index (χ0v) is 13.1. The fourth-order valence-electron chi connectivity index (χ4n) is 1.61. The molecule has 1 aromatic heterocycles. The molecule has 2 aromatic rings. The van der Waals surface area contributed by atoms with E-state index in [0.717, 1.165) is 12.3 Å². The smallest absolute Gasteiger partial charge is 0.192 e. The van der Waals surface area contributed by atoms with E-state index in [4.69, 9.17) is 34.8 Å². The van der Waals surface area contributed by atoms with E-state index in [1.807, 2.05) is 0 Å². The Labute approximate surface area is 130 Å². The average Bonchev–Trinajstić information content (AvgIpc) is 2.30. The van der Waals surface area contributed by atoms with Crippen LogP contribution in [0.15, 0.2) is 29.3 Å². The molecule has 0 aliphatic rings. The van der Waals surface area contributed by atoms with Gasteiger partial charge in [-0.1, -0.05) is 40.9 Å². The summed E-state index contributed by atoms with van der Waals surface area (Å²) in [7, 11) is -3.57. The van der Waals surface area contributed by atoms with Crippen LogP contribution < -0.4 is 0 Å². The number of nitrogens with zero attached hydrogens (tertiary/aromatic N) is 1. The van der Waals surface area contributed by atoms with Gasteiger partial charge in [0, 0.05) is 17.4 Å². The highest BCUT2D eigenvalue weighted by Gasteiger charge is 2.21. The molecule has 0 bridgehead atoms. The summed E-state index contributed by atoms with van der Waals surface area (Å²) in [4.78, 5) is 3.73. The Morgan fingerprint density at radius 2 is 1.75 bits per heavy atom. The molecule has 0 saturated carbocycles. The van der Waals surface area contributed by atoms with Crippen molar-refractivity contribution in [2.75, 3.05) is 6.26 Å². The Kier molecular flexibility index (Phi) is 4.25. The Hall–Kier alpha value is -0.880. The number of hydrogen-bond donors (Lipinski definition) is 0. The predicted molar refractivity (Wildman–Crippen MR) is 77.8 cm³/mol. The summed E-state index contributed by atoms with van der Waals surface area (Å²) in [5.41, 5.74) is 0.0422. The molecule has 1 aromatic carbocycles. The van der Waals surface area contributed by atoms with Crippen LogP contribution in [0.4, 0.5) is 4.39 Å². The zero-order valence-electron chi connectivity index (χ0n) is 9.99. The Balaban J connectivity index is 2.78. The van der Waals surface area contributed by atoms with Gasteiger partial charge in [0.15, 0.2) is 14.9 Å². The molecule has 0 radical (unpaired) electrons. The predicted octanol–water partition coefficient (Wildman–Crippen LogP) is 4.25. The molecule has 0 fully saturated rings. The second-order valence-corrected chi connectivity index (χ2v) is 7.11. The summed E-state index contributed by atoms with van der Waals surface area (Å²) in [6.07, 6.45) is 0.970. The largest absolute Gasteiger partial charge is 0.224 e. The molecule has 0 amide bonds. The van der Waals surface area contributed by atoms with Crippen LogP contribution in [0.1, 0.15) is 0 Å². The van der Waals surface area contributed by atoms with Crippen molar-refractivity contribution in [3.63, 3.8) is 0 Å². The summed E-state index contributed by atoms with van der Waals surface area (Å²) in [6, 6.07) is 5.21. The van der Waals surface area contributed by atoms with E-state index in [0.29, 0.717) is 0 Å². The van der Waals surface area contributed by atoms with Gasteiger partial charge < -0.3 is 0 Å². The van der Waals surface area contributed by atoms with E-state index in [9.17, 15) is 12.8 Å². The first kappa shape index (κ1) is 15.5. The van der Waals surface area contributed by atoms with Crippen LogP contribution in [-0.2, 0) is 9.84 Å². The molecule has 0 saturated heterocycles.